The molecule has 2 aliphatic rings. The van der Waals surface area contributed by atoms with Gasteiger partial charge in [-0.25, -0.2) is 0 Å². The molecule has 4 nitrogen and oxygen atoms in total. The van der Waals surface area contributed by atoms with E-state index in [9.17, 15) is 10.2 Å². The van der Waals surface area contributed by atoms with Gasteiger partial charge < -0.3 is 10.2 Å². The molecule has 4 rings (SSSR count). The molecule has 31 heavy (non-hydrogen) atoms. The number of benzene rings is 2. The first-order valence-electron chi connectivity index (χ1n) is 11.3. The molecule has 0 spiro atoms. The fourth-order valence-electron chi connectivity index (χ4n) is 4.01. The first kappa shape index (κ1) is 25.3. The van der Waals surface area contributed by atoms with Gasteiger partial charge in [0.25, 0.3) is 0 Å². The molecule has 0 aliphatic heterocycles. The van der Waals surface area contributed by atoms with Crippen molar-refractivity contribution in [2.75, 3.05) is 0 Å². The standard InChI is InChI=1S/2C13H17NO.Zn/c2*15-13-9-5-4-6-11(13)10-14-12-7-2-1-3-8-12;/h2*4-6,9-10,12,15H,1-3,7-8H2;/q;;+2/p-2. The molecule has 0 amide bonds. The fraction of sp³-hybridized carbons (Fsp3) is 0.462. The fourth-order valence-corrected chi connectivity index (χ4v) is 4.01. The molecule has 2 fully saturated rings. The Balaban J connectivity index is 0.000000213. The van der Waals surface area contributed by atoms with Gasteiger partial charge in [0, 0.05) is 24.5 Å². The van der Waals surface area contributed by atoms with E-state index < -0.39 is 0 Å². The van der Waals surface area contributed by atoms with E-state index in [1.807, 2.05) is 24.3 Å². The van der Waals surface area contributed by atoms with E-state index in [-0.39, 0.29) is 31.0 Å². The van der Waals surface area contributed by atoms with Crippen LogP contribution in [0.15, 0.2) is 58.5 Å². The van der Waals surface area contributed by atoms with Crippen LogP contribution >= 0.6 is 0 Å². The maximum atomic E-state index is 11.4. The minimum absolute atomic E-state index is 0. The zero-order valence-corrected chi connectivity index (χ0v) is 21.4. The van der Waals surface area contributed by atoms with Gasteiger partial charge in [0.15, 0.2) is 0 Å². The zero-order valence-electron chi connectivity index (χ0n) is 18.4. The molecule has 2 aromatic rings. The van der Waals surface area contributed by atoms with Crippen LogP contribution in [0.5, 0.6) is 11.5 Å². The van der Waals surface area contributed by atoms with Gasteiger partial charge in [-0.3, -0.25) is 9.98 Å². The second kappa shape index (κ2) is 14.1. The largest absolute Gasteiger partial charge is 2.00 e. The Kier molecular flexibility index (Phi) is 11.5. The topological polar surface area (TPSA) is 70.8 Å². The minimum atomic E-state index is 0. The van der Waals surface area contributed by atoms with E-state index in [0.29, 0.717) is 23.2 Å². The van der Waals surface area contributed by atoms with Gasteiger partial charge in [0.2, 0.25) is 0 Å². The normalized spacial score (nSPS) is 17.8. The van der Waals surface area contributed by atoms with E-state index in [4.69, 9.17) is 0 Å². The predicted molar refractivity (Wildman–Crippen MR) is 121 cm³/mol. The van der Waals surface area contributed by atoms with Gasteiger partial charge in [-0.2, -0.15) is 0 Å². The second-order valence-electron chi connectivity index (χ2n) is 8.22. The van der Waals surface area contributed by atoms with Gasteiger partial charge in [0.1, 0.15) is 0 Å². The average Bonchev–Trinajstić information content (AvgIpc) is 2.80. The van der Waals surface area contributed by atoms with E-state index in [1.54, 1.807) is 36.7 Å². The molecule has 2 aliphatic carbocycles. The maximum absolute atomic E-state index is 11.4. The molecule has 0 unspecified atom stereocenters. The predicted octanol–water partition coefficient (Wildman–Crippen LogP) is 5.02. The Labute approximate surface area is 199 Å². The van der Waals surface area contributed by atoms with Crippen LogP contribution in [-0.4, -0.2) is 24.5 Å². The van der Waals surface area contributed by atoms with Crippen LogP contribution in [0.1, 0.15) is 75.3 Å². The number of para-hydroxylation sites is 2. The molecule has 0 heterocycles. The summed E-state index contributed by atoms with van der Waals surface area (Å²) in [4.78, 5) is 8.98. The zero-order chi connectivity index (χ0) is 21.0. The summed E-state index contributed by atoms with van der Waals surface area (Å²) in [7, 11) is 0. The van der Waals surface area contributed by atoms with Crippen molar-refractivity contribution in [3.63, 3.8) is 0 Å². The third-order valence-electron chi connectivity index (χ3n) is 5.84. The quantitative estimate of drug-likeness (QED) is 0.466. The summed E-state index contributed by atoms with van der Waals surface area (Å²) in [5.74, 6) is 0.133. The van der Waals surface area contributed by atoms with Gasteiger partial charge in [0.05, 0.1) is 0 Å². The van der Waals surface area contributed by atoms with Crippen molar-refractivity contribution < 1.29 is 29.7 Å². The van der Waals surface area contributed by atoms with E-state index >= 15 is 0 Å². The molecule has 5 heteroatoms. The molecule has 2 aromatic carbocycles. The van der Waals surface area contributed by atoms with E-state index in [0.717, 1.165) is 0 Å². The molecular formula is C26H32N2O2Zn. The minimum Gasteiger partial charge on any atom is -0.872 e. The van der Waals surface area contributed by atoms with Crippen LogP contribution in [0.25, 0.3) is 0 Å². The first-order valence-corrected chi connectivity index (χ1v) is 11.3. The Bertz CT molecular complexity index is 756. The second-order valence-corrected chi connectivity index (χ2v) is 8.22. The van der Waals surface area contributed by atoms with Gasteiger partial charge in [-0.05, 0) is 36.8 Å². The van der Waals surface area contributed by atoms with Gasteiger partial charge >= 0.3 is 19.5 Å². The molecular weight excluding hydrogens is 438 g/mol. The summed E-state index contributed by atoms with van der Waals surface area (Å²) in [6, 6.07) is 15.0. The van der Waals surface area contributed by atoms with E-state index in [2.05, 4.69) is 9.98 Å². The smallest absolute Gasteiger partial charge is 0.872 e. The summed E-state index contributed by atoms with van der Waals surface area (Å²) < 4.78 is 0. The van der Waals surface area contributed by atoms with Gasteiger partial charge in [-0.1, -0.05) is 87.1 Å². The summed E-state index contributed by atoms with van der Waals surface area (Å²) in [5, 5.41) is 22.8. The molecule has 0 saturated heterocycles. The van der Waals surface area contributed by atoms with Crippen LogP contribution in [0.4, 0.5) is 0 Å². The third-order valence-corrected chi connectivity index (χ3v) is 5.84. The van der Waals surface area contributed by atoms with Crippen LogP contribution in [0.3, 0.4) is 0 Å². The number of hydrogen-bond acceptors (Lipinski definition) is 4. The van der Waals surface area contributed by atoms with Crippen molar-refractivity contribution in [1.29, 1.82) is 0 Å². The van der Waals surface area contributed by atoms with Crippen molar-refractivity contribution in [3.8, 4) is 11.5 Å². The maximum Gasteiger partial charge on any atom is 2.00 e. The van der Waals surface area contributed by atoms with Crippen LogP contribution in [0.2, 0.25) is 0 Å². The number of nitrogens with zero attached hydrogens (tertiary/aromatic N) is 2. The summed E-state index contributed by atoms with van der Waals surface area (Å²) in [6.45, 7) is 0. The molecule has 0 aromatic heterocycles. The van der Waals surface area contributed by atoms with Crippen molar-refractivity contribution in [2.45, 2.75) is 76.3 Å². The van der Waals surface area contributed by atoms with Crippen LogP contribution < -0.4 is 10.2 Å². The van der Waals surface area contributed by atoms with Crippen molar-refractivity contribution in [3.05, 3.63) is 59.7 Å². The summed E-state index contributed by atoms with van der Waals surface area (Å²) in [5.41, 5.74) is 1.42. The van der Waals surface area contributed by atoms with Crippen LogP contribution in [0, 0.1) is 0 Å². The summed E-state index contributed by atoms with van der Waals surface area (Å²) >= 11 is 0. The van der Waals surface area contributed by atoms with Gasteiger partial charge in [-0.15, -0.1) is 11.5 Å². The molecule has 0 N–H and O–H groups in total. The van der Waals surface area contributed by atoms with Crippen molar-refractivity contribution in [2.24, 2.45) is 9.98 Å². The Hall–Kier alpha value is -2.00. The third kappa shape index (κ3) is 8.95. The van der Waals surface area contributed by atoms with Crippen molar-refractivity contribution >= 4 is 12.4 Å². The number of rotatable bonds is 4. The molecule has 160 valence electrons. The monoisotopic (exact) mass is 468 g/mol. The van der Waals surface area contributed by atoms with Crippen LogP contribution in [-0.2, 0) is 19.5 Å². The Morgan fingerprint density at radius 3 is 1.29 bits per heavy atom. The molecule has 0 atom stereocenters. The Morgan fingerprint density at radius 1 is 0.581 bits per heavy atom. The average molecular weight is 470 g/mol. The number of hydrogen-bond donors (Lipinski definition) is 0. The number of aliphatic imine (C=N–C) groups is 2. The molecule has 2 saturated carbocycles. The van der Waals surface area contributed by atoms with Crippen molar-refractivity contribution in [1.82, 2.24) is 0 Å². The Morgan fingerprint density at radius 2 is 0.935 bits per heavy atom. The molecule has 0 bridgehead atoms. The molecule has 0 radical (unpaired) electrons. The first-order chi connectivity index (χ1) is 14.7. The van der Waals surface area contributed by atoms with E-state index in [1.165, 1.54) is 64.2 Å². The summed E-state index contributed by atoms with van der Waals surface area (Å²) in [6.07, 6.45) is 16.0. The SMILES string of the molecule is [O-]c1ccccc1C=NC1CCCCC1.[O-]c1ccccc1C=NC1CCCCC1.[Zn+2].